The number of carbonyl (C=O) groups excluding carboxylic acids is 2. The highest BCUT2D eigenvalue weighted by Gasteiger charge is 2.14. The van der Waals surface area contributed by atoms with Crippen LogP contribution in [0.2, 0.25) is 10.0 Å². The highest BCUT2D eigenvalue weighted by atomic mass is 127. The van der Waals surface area contributed by atoms with Crippen LogP contribution in [-0.4, -0.2) is 32.3 Å². The van der Waals surface area contributed by atoms with E-state index in [0.29, 0.717) is 26.6 Å². The fourth-order valence-corrected chi connectivity index (χ4v) is 3.77. The lowest BCUT2D eigenvalue weighted by Gasteiger charge is -2.07. The van der Waals surface area contributed by atoms with Crippen molar-refractivity contribution in [2.24, 2.45) is 7.05 Å². The van der Waals surface area contributed by atoms with Crippen LogP contribution < -0.4 is 10.6 Å². The van der Waals surface area contributed by atoms with E-state index in [2.05, 4.69) is 43.4 Å². The molecule has 7 nitrogen and oxygen atoms in total. The van der Waals surface area contributed by atoms with Crippen LogP contribution >= 0.6 is 57.6 Å². The van der Waals surface area contributed by atoms with Gasteiger partial charge in [0.15, 0.2) is 11.0 Å². The zero-order chi connectivity index (χ0) is 21.7. The number of halogens is 3. The van der Waals surface area contributed by atoms with Crippen molar-refractivity contribution >= 4 is 75.1 Å². The Morgan fingerprint density at radius 1 is 1.10 bits per heavy atom. The van der Waals surface area contributed by atoms with E-state index in [1.54, 1.807) is 23.7 Å². The van der Waals surface area contributed by atoms with Gasteiger partial charge >= 0.3 is 0 Å². The first-order chi connectivity index (χ1) is 14.3. The molecule has 0 aliphatic heterocycles. The Balaban J connectivity index is 1.52. The lowest BCUT2D eigenvalue weighted by atomic mass is 10.2. The number of anilines is 1. The van der Waals surface area contributed by atoms with Crippen LogP contribution in [0.15, 0.2) is 47.6 Å². The fourth-order valence-electron chi connectivity index (χ4n) is 2.38. The third-order valence-corrected chi connectivity index (χ3v) is 6.45. The first-order valence-electron chi connectivity index (χ1n) is 8.63. The molecule has 1 aromatic heterocycles. The molecule has 0 fully saturated rings. The lowest BCUT2D eigenvalue weighted by molar-refractivity contribution is -0.113. The highest BCUT2D eigenvalue weighted by Crippen LogP contribution is 2.22. The number of amides is 2. The minimum atomic E-state index is -0.303. The number of thioether (sulfide) groups is 1. The van der Waals surface area contributed by atoms with E-state index in [0.717, 1.165) is 9.26 Å². The van der Waals surface area contributed by atoms with E-state index in [-0.39, 0.29) is 24.1 Å². The molecule has 2 amide bonds. The molecule has 0 atom stereocenters. The molecular formula is C19H16Cl2IN5O2S. The molecule has 0 saturated heterocycles. The maximum absolute atomic E-state index is 12.3. The predicted molar refractivity (Wildman–Crippen MR) is 127 cm³/mol. The minimum absolute atomic E-state index is 0.140. The normalized spacial score (nSPS) is 10.7. The number of nitrogens with one attached hydrogen (secondary N) is 2. The third-order valence-electron chi connectivity index (χ3n) is 3.97. The van der Waals surface area contributed by atoms with Crippen LogP contribution in [0, 0.1) is 3.57 Å². The van der Waals surface area contributed by atoms with Gasteiger partial charge in [-0.3, -0.25) is 9.59 Å². The molecule has 1 heterocycles. The zero-order valence-corrected chi connectivity index (χ0v) is 20.1. The molecule has 0 saturated carbocycles. The maximum atomic E-state index is 12.3. The summed E-state index contributed by atoms with van der Waals surface area (Å²) >= 11 is 15.3. The Morgan fingerprint density at radius 3 is 2.53 bits per heavy atom. The van der Waals surface area contributed by atoms with Crippen LogP contribution in [0.3, 0.4) is 0 Å². The third kappa shape index (κ3) is 6.10. The molecule has 0 radical (unpaired) electrons. The molecule has 0 aliphatic carbocycles. The standard InChI is InChI=1S/C19H16Cl2IN5O2S/c1-27-16(9-23-18(29)11-2-7-14(20)15(21)8-11)25-26-19(27)30-10-17(28)24-13-5-3-12(22)4-6-13/h2-8H,9-10H2,1H3,(H,23,29)(H,24,28). The van der Waals surface area contributed by atoms with Crippen molar-refractivity contribution in [3.05, 3.63) is 67.5 Å². The molecule has 0 bridgehead atoms. The van der Waals surface area contributed by atoms with Crippen molar-refractivity contribution in [2.75, 3.05) is 11.1 Å². The van der Waals surface area contributed by atoms with Crippen LogP contribution in [0.1, 0.15) is 16.2 Å². The van der Waals surface area contributed by atoms with Gasteiger partial charge < -0.3 is 15.2 Å². The summed E-state index contributed by atoms with van der Waals surface area (Å²) in [7, 11) is 1.78. The van der Waals surface area contributed by atoms with Crippen molar-refractivity contribution < 1.29 is 9.59 Å². The van der Waals surface area contributed by atoms with Crippen molar-refractivity contribution in [2.45, 2.75) is 11.7 Å². The largest absolute Gasteiger partial charge is 0.345 e. The second kappa shape index (κ2) is 10.5. The average Bonchev–Trinajstić information content (AvgIpc) is 3.08. The summed E-state index contributed by atoms with van der Waals surface area (Å²) < 4.78 is 2.83. The van der Waals surface area contributed by atoms with Crippen LogP contribution in [0.5, 0.6) is 0 Å². The first-order valence-corrected chi connectivity index (χ1v) is 11.4. The molecule has 3 aromatic rings. The summed E-state index contributed by atoms with van der Waals surface area (Å²) in [5.41, 5.74) is 1.14. The molecule has 0 unspecified atom stereocenters. The quantitative estimate of drug-likeness (QED) is 0.322. The smallest absolute Gasteiger partial charge is 0.251 e. The predicted octanol–water partition coefficient (Wildman–Crippen LogP) is 4.39. The van der Waals surface area contributed by atoms with E-state index < -0.39 is 0 Å². The van der Waals surface area contributed by atoms with Crippen molar-refractivity contribution in [3.63, 3.8) is 0 Å². The van der Waals surface area contributed by atoms with Gasteiger partial charge in [0.2, 0.25) is 5.91 Å². The summed E-state index contributed by atoms with van der Waals surface area (Å²) in [5.74, 6) is 0.304. The van der Waals surface area contributed by atoms with Gasteiger partial charge in [-0.05, 0) is 65.1 Å². The average molecular weight is 576 g/mol. The van der Waals surface area contributed by atoms with Gasteiger partial charge in [0.05, 0.1) is 22.3 Å². The number of aromatic nitrogens is 3. The van der Waals surface area contributed by atoms with E-state index in [9.17, 15) is 9.59 Å². The van der Waals surface area contributed by atoms with E-state index in [1.165, 1.54) is 17.8 Å². The molecular weight excluding hydrogens is 560 g/mol. The van der Waals surface area contributed by atoms with Crippen LogP contribution in [-0.2, 0) is 18.4 Å². The van der Waals surface area contributed by atoms with Crippen molar-refractivity contribution in [1.82, 2.24) is 20.1 Å². The molecule has 3 rings (SSSR count). The maximum Gasteiger partial charge on any atom is 0.251 e. The summed E-state index contributed by atoms with van der Waals surface area (Å²) in [6.45, 7) is 0.179. The Hall–Kier alpha value is -1.82. The molecule has 11 heteroatoms. The van der Waals surface area contributed by atoms with Gasteiger partial charge in [0, 0.05) is 21.9 Å². The SMILES string of the molecule is Cn1c(CNC(=O)c2ccc(Cl)c(Cl)c2)nnc1SCC(=O)Nc1ccc(I)cc1. The van der Waals surface area contributed by atoms with E-state index in [1.807, 2.05) is 24.3 Å². The number of rotatable bonds is 7. The highest BCUT2D eigenvalue weighted by molar-refractivity contribution is 14.1. The molecule has 0 spiro atoms. The van der Waals surface area contributed by atoms with Gasteiger partial charge in [-0.1, -0.05) is 35.0 Å². The van der Waals surface area contributed by atoms with Gasteiger partial charge in [0.25, 0.3) is 5.91 Å². The first kappa shape index (κ1) is 22.9. The van der Waals surface area contributed by atoms with Gasteiger partial charge in [0.1, 0.15) is 0 Å². The summed E-state index contributed by atoms with van der Waals surface area (Å²) in [5, 5.41) is 15.0. The molecule has 2 aromatic carbocycles. The second-order valence-electron chi connectivity index (χ2n) is 6.11. The Morgan fingerprint density at radius 2 is 1.83 bits per heavy atom. The van der Waals surface area contributed by atoms with Gasteiger partial charge in [-0.25, -0.2) is 0 Å². The minimum Gasteiger partial charge on any atom is -0.345 e. The second-order valence-corrected chi connectivity index (χ2v) is 9.12. The summed E-state index contributed by atoms with van der Waals surface area (Å²) in [6, 6.07) is 12.2. The Bertz CT molecular complexity index is 1080. The van der Waals surface area contributed by atoms with Crippen LogP contribution in [0.25, 0.3) is 0 Å². The van der Waals surface area contributed by atoms with Gasteiger partial charge in [-0.2, -0.15) is 0 Å². The molecule has 0 aliphatic rings. The molecule has 156 valence electrons. The fraction of sp³-hybridized carbons (Fsp3) is 0.158. The number of hydrogen-bond acceptors (Lipinski definition) is 5. The Labute approximate surface area is 201 Å². The van der Waals surface area contributed by atoms with E-state index in [4.69, 9.17) is 23.2 Å². The summed E-state index contributed by atoms with van der Waals surface area (Å²) in [4.78, 5) is 24.4. The number of benzene rings is 2. The van der Waals surface area contributed by atoms with Crippen molar-refractivity contribution in [3.8, 4) is 0 Å². The molecule has 30 heavy (non-hydrogen) atoms. The van der Waals surface area contributed by atoms with E-state index >= 15 is 0 Å². The van der Waals surface area contributed by atoms with Crippen LogP contribution in [0.4, 0.5) is 5.69 Å². The topological polar surface area (TPSA) is 88.9 Å². The zero-order valence-electron chi connectivity index (χ0n) is 15.7. The van der Waals surface area contributed by atoms with Gasteiger partial charge in [-0.15, -0.1) is 10.2 Å². The number of nitrogens with zero attached hydrogens (tertiary/aromatic N) is 3. The number of carbonyl (C=O) groups is 2. The Kier molecular flexibility index (Phi) is 7.98. The number of hydrogen-bond donors (Lipinski definition) is 2. The lowest BCUT2D eigenvalue weighted by Crippen LogP contribution is -2.24. The molecule has 2 N–H and O–H groups in total. The summed E-state index contributed by atoms with van der Waals surface area (Å²) in [6.07, 6.45) is 0. The van der Waals surface area contributed by atoms with Crippen molar-refractivity contribution in [1.29, 1.82) is 0 Å². The monoisotopic (exact) mass is 575 g/mol.